The van der Waals surface area contributed by atoms with Crippen molar-refractivity contribution in [2.45, 2.75) is 37.8 Å². The second-order valence-electron chi connectivity index (χ2n) is 4.06. The molecule has 84 valence electrons. The second kappa shape index (κ2) is 3.40. The Labute approximate surface area is 88.3 Å². The zero-order chi connectivity index (χ0) is 11.1. The lowest BCUT2D eigenvalue weighted by Crippen LogP contribution is -2.57. The van der Waals surface area contributed by atoms with Crippen LogP contribution in [0.3, 0.4) is 0 Å². The van der Waals surface area contributed by atoms with E-state index >= 15 is 0 Å². The summed E-state index contributed by atoms with van der Waals surface area (Å²) in [5.41, 5.74) is -0.768. The highest BCUT2D eigenvalue weighted by molar-refractivity contribution is 5.87. The molecule has 1 amide bonds. The monoisotopic (exact) mass is 213 g/mol. The van der Waals surface area contributed by atoms with Crippen molar-refractivity contribution in [1.29, 1.82) is 0 Å². The van der Waals surface area contributed by atoms with Crippen molar-refractivity contribution in [2.75, 3.05) is 13.7 Å². The third kappa shape index (κ3) is 1.37. The SMILES string of the molecule is CCOC(=O)C12CCC(C1)OC(=O)N2C. The number of hydrogen-bond acceptors (Lipinski definition) is 4. The van der Waals surface area contributed by atoms with Crippen LogP contribution in [0.2, 0.25) is 0 Å². The quantitative estimate of drug-likeness (QED) is 0.640. The van der Waals surface area contributed by atoms with Gasteiger partial charge in [0.25, 0.3) is 0 Å². The molecule has 2 bridgehead atoms. The lowest BCUT2D eigenvalue weighted by Gasteiger charge is -2.38. The standard InChI is InChI=1S/C10H15NO4/c1-3-14-8(12)10-5-4-7(6-10)15-9(13)11(10)2/h7H,3-6H2,1-2H3. The lowest BCUT2D eigenvalue weighted by atomic mass is 9.95. The van der Waals surface area contributed by atoms with Gasteiger partial charge in [0, 0.05) is 13.5 Å². The Morgan fingerprint density at radius 2 is 2.47 bits per heavy atom. The minimum Gasteiger partial charge on any atom is -0.464 e. The molecule has 0 aromatic heterocycles. The maximum Gasteiger partial charge on any atom is 0.410 e. The first-order valence-electron chi connectivity index (χ1n) is 5.22. The molecule has 2 rings (SSSR count). The average Bonchev–Trinajstić information content (AvgIpc) is 2.57. The summed E-state index contributed by atoms with van der Waals surface area (Å²) in [5.74, 6) is -0.299. The van der Waals surface area contributed by atoms with Crippen molar-refractivity contribution in [3.05, 3.63) is 0 Å². The van der Waals surface area contributed by atoms with Gasteiger partial charge in [0.2, 0.25) is 0 Å². The van der Waals surface area contributed by atoms with Crippen LogP contribution in [0, 0.1) is 0 Å². The Bertz CT molecular complexity index is 304. The number of likely N-dealkylation sites (N-methyl/N-ethyl adjacent to an activating group) is 1. The molecule has 5 heteroatoms. The van der Waals surface area contributed by atoms with Gasteiger partial charge in [-0.3, -0.25) is 4.90 Å². The summed E-state index contributed by atoms with van der Waals surface area (Å²) in [6, 6.07) is 0. The molecule has 0 N–H and O–H groups in total. The van der Waals surface area contributed by atoms with Crippen LogP contribution in [0.15, 0.2) is 0 Å². The molecule has 0 aromatic rings. The summed E-state index contributed by atoms with van der Waals surface area (Å²) in [6.07, 6.45) is 1.41. The summed E-state index contributed by atoms with van der Waals surface area (Å²) < 4.78 is 10.2. The van der Waals surface area contributed by atoms with Gasteiger partial charge in [-0.05, 0) is 19.8 Å². The van der Waals surface area contributed by atoms with E-state index in [1.807, 2.05) is 0 Å². The van der Waals surface area contributed by atoms with Crippen molar-refractivity contribution in [3.8, 4) is 0 Å². The number of fused-ring (bicyclic) bond motifs is 2. The molecule has 2 atom stereocenters. The molecule has 2 unspecified atom stereocenters. The second-order valence-corrected chi connectivity index (χ2v) is 4.06. The van der Waals surface area contributed by atoms with E-state index in [9.17, 15) is 9.59 Å². The number of amides is 1. The average molecular weight is 213 g/mol. The van der Waals surface area contributed by atoms with E-state index < -0.39 is 11.6 Å². The van der Waals surface area contributed by atoms with Crippen LogP contribution in [-0.4, -0.2) is 42.3 Å². The molecule has 5 nitrogen and oxygen atoms in total. The normalized spacial score (nSPS) is 33.9. The molecule has 1 heterocycles. The van der Waals surface area contributed by atoms with E-state index in [4.69, 9.17) is 9.47 Å². The third-order valence-corrected chi connectivity index (χ3v) is 3.28. The molecule has 1 saturated carbocycles. The number of nitrogens with zero attached hydrogens (tertiary/aromatic N) is 1. The van der Waals surface area contributed by atoms with Crippen LogP contribution in [-0.2, 0) is 14.3 Å². The van der Waals surface area contributed by atoms with E-state index in [0.29, 0.717) is 19.4 Å². The molecule has 0 aromatic carbocycles. The first-order chi connectivity index (χ1) is 7.10. The number of rotatable bonds is 2. The molecule has 0 radical (unpaired) electrons. The Morgan fingerprint density at radius 1 is 1.73 bits per heavy atom. The zero-order valence-electron chi connectivity index (χ0n) is 8.99. The van der Waals surface area contributed by atoms with Crippen LogP contribution in [0.1, 0.15) is 26.2 Å². The highest BCUT2D eigenvalue weighted by Crippen LogP contribution is 2.41. The van der Waals surface area contributed by atoms with E-state index in [2.05, 4.69) is 0 Å². The van der Waals surface area contributed by atoms with Crippen LogP contribution >= 0.6 is 0 Å². The van der Waals surface area contributed by atoms with Crippen molar-refractivity contribution in [2.24, 2.45) is 0 Å². The predicted octanol–water partition coefficient (Wildman–Crippen LogP) is 0.923. The maximum absolute atomic E-state index is 11.9. The van der Waals surface area contributed by atoms with Crippen LogP contribution in [0.25, 0.3) is 0 Å². The summed E-state index contributed by atoms with van der Waals surface area (Å²) in [4.78, 5) is 24.7. The smallest absolute Gasteiger partial charge is 0.410 e. The molecule has 1 aliphatic heterocycles. The van der Waals surface area contributed by atoms with Gasteiger partial charge in [-0.25, -0.2) is 9.59 Å². The van der Waals surface area contributed by atoms with Crippen molar-refractivity contribution in [1.82, 2.24) is 4.90 Å². The minimum absolute atomic E-state index is 0.113. The van der Waals surface area contributed by atoms with Gasteiger partial charge < -0.3 is 9.47 Å². The molecule has 2 aliphatic rings. The van der Waals surface area contributed by atoms with E-state index in [-0.39, 0.29) is 12.1 Å². The Morgan fingerprint density at radius 3 is 3.13 bits per heavy atom. The Balaban J connectivity index is 2.25. The molecular weight excluding hydrogens is 198 g/mol. The van der Waals surface area contributed by atoms with Crippen molar-refractivity contribution >= 4 is 12.1 Å². The first-order valence-corrected chi connectivity index (χ1v) is 5.22. The summed E-state index contributed by atoms with van der Waals surface area (Å²) in [5, 5.41) is 0. The number of carbonyl (C=O) groups excluding carboxylic acids is 2. The van der Waals surface area contributed by atoms with Gasteiger partial charge in [-0.1, -0.05) is 0 Å². The fourth-order valence-corrected chi connectivity index (χ4v) is 2.37. The van der Waals surface area contributed by atoms with Gasteiger partial charge in [0.05, 0.1) is 6.61 Å². The molecular formula is C10H15NO4. The number of esters is 1. The summed E-state index contributed by atoms with van der Waals surface area (Å²) in [6.45, 7) is 2.11. The topological polar surface area (TPSA) is 55.8 Å². The summed E-state index contributed by atoms with van der Waals surface area (Å²) in [7, 11) is 1.60. The van der Waals surface area contributed by atoms with Crippen LogP contribution in [0.5, 0.6) is 0 Å². The molecule has 2 fully saturated rings. The van der Waals surface area contributed by atoms with Crippen molar-refractivity contribution < 1.29 is 19.1 Å². The third-order valence-electron chi connectivity index (χ3n) is 3.28. The van der Waals surface area contributed by atoms with Gasteiger partial charge in [-0.15, -0.1) is 0 Å². The molecule has 0 spiro atoms. The molecule has 15 heavy (non-hydrogen) atoms. The highest BCUT2D eigenvalue weighted by atomic mass is 16.6. The zero-order valence-corrected chi connectivity index (χ0v) is 8.99. The van der Waals surface area contributed by atoms with Crippen LogP contribution < -0.4 is 0 Å². The van der Waals surface area contributed by atoms with E-state index in [0.717, 1.165) is 6.42 Å². The molecule has 1 saturated heterocycles. The Kier molecular flexibility index (Phi) is 2.32. The van der Waals surface area contributed by atoms with Crippen LogP contribution in [0.4, 0.5) is 4.79 Å². The fraction of sp³-hybridized carbons (Fsp3) is 0.800. The van der Waals surface area contributed by atoms with Gasteiger partial charge >= 0.3 is 12.1 Å². The molecule has 1 aliphatic carbocycles. The Hall–Kier alpha value is -1.26. The largest absolute Gasteiger partial charge is 0.464 e. The first kappa shape index (κ1) is 10.3. The van der Waals surface area contributed by atoms with Gasteiger partial charge in [0.1, 0.15) is 11.6 Å². The lowest BCUT2D eigenvalue weighted by molar-refractivity contribution is -0.158. The van der Waals surface area contributed by atoms with Crippen molar-refractivity contribution in [3.63, 3.8) is 0 Å². The number of carbonyl (C=O) groups is 2. The van der Waals surface area contributed by atoms with E-state index in [1.54, 1.807) is 14.0 Å². The van der Waals surface area contributed by atoms with Gasteiger partial charge in [-0.2, -0.15) is 0 Å². The predicted molar refractivity (Wildman–Crippen MR) is 51.2 cm³/mol. The van der Waals surface area contributed by atoms with E-state index in [1.165, 1.54) is 4.90 Å². The maximum atomic E-state index is 11.9. The summed E-state index contributed by atoms with van der Waals surface area (Å²) >= 11 is 0. The number of hydrogen-bond donors (Lipinski definition) is 0. The number of ether oxygens (including phenoxy) is 2. The minimum atomic E-state index is -0.768. The highest BCUT2D eigenvalue weighted by Gasteiger charge is 2.56. The fourth-order valence-electron chi connectivity index (χ4n) is 2.37. The van der Waals surface area contributed by atoms with Gasteiger partial charge in [0.15, 0.2) is 0 Å².